The molecule has 0 radical (unpaired) electrons. The van der Waals surface area contributed by atoms with E-state index >= 15 is 0 Å². The summed E-state index contributed by atoms with van der Waals surface area (Å²) in [5.41, 5.74) is -2.47. The van der Waals surface area contributed by atoms with Crippen LogP contribution < -0.4 is 22.7 Å². The predicted molar refractivity (Wildman–Crippen MR) is 66.4 cm³/mol. The Labute approximate surface area is 119 Å². The Hall–Kier alpha value is -2.26. The number of amidine groups is 1. The van der Waals surface area contributed by atoms with Crippen LogP contribution >= 0.6 is 11.8 Å². The number of rotatable bonds is 3. The Bertz CT molecular complexity index is 662. The molecular weight excluding hydrogens is 316 g/mol. The number of nitrogens with one attached hydrogen (secondary N) is 2. The van der Waals surface area contributed by atoms with Crippen LogP contribution in [0.25, 0.3) is 0 Å². The Kier molecular flexibility index (Phi) is 5.17. The van der Waals surface area contributed by atoms with Crippen LogP contribution in [-0.4, -0.2) is 16.6 Å². The first-order chi connectivity index (χ1) is 9.76. The molecular formula is C9H8F4N6OS. The van der Waals surface area contributed by atoms with Gasteiger partial charge in [0.25, 0.3) is 5.56 Å². The second kappa shape index (κ2) is 6.46. The van der Waals surface area contributed by atoms with E-state index in [9.17, 15) is 22.4 Å². The normalized spacial score (nSPS) is 12.1. The van der Waals surface area contributed by atoms with Crippen molar-refractivity contribution in [2.45, 2.75) is 11.2 Å². The fourth-order valence-electron chi connectivity index (χ4n) is 1.30. The number of H-pyrrole nitrogens is 1. The van der Waals surface area contributed by atoms with Gasteiger partial charge in [-0.05, 0) is 0 Å². The van der Waals surface area contributed by atoms with E-state index in [2.05, 4.69) is 10.5 Å². The van der Waals surface area contributed by atoms with Crippen molar-refractivity contribution in [2.75, 3.05) is 5.75 Å². The average molecular weight is 324 g/mol. The lowest BCUT2D eigenvalue weighted by atomic mass is 10.1. The Morgan fingerprint density at radius 1 is 1.52 bits per heavy atom. The van der Waals surface area contributed by atoms with Crippen LogP contribution in [0.1, 0.15) is 11.1 Å². The molecule has 7 nitrogen and oxygen atoms in total. The number of hydrazone groups is 1. The van der Waals surface area contributed by atoms with Crippen molar-refractivity contribution < 1.29 is 17.6 Å². The van der Waals surface area contributed by atoms with Crippen molar-refractivity contribution in [3.05, 3.63) is 27.3 Å². The van der Waals surface area contributed by atoms with Crippen molar-refractivity contribution in [2.24, 2.45) is 16.8 Å². The average Bonchev–Trinajstić information content (AvgIpc) is 2.41. The van der Waals surface area contributed by atoms with Gasteiger partial charge in [-0.15, -0.1) is 0 Å². The lowest BCUT2D eigenvalue weighted by molar-refractivity contribution is -0.140. The molecule has 114 valence electrons. The third-order valence-electron chi connectivity index (χ3n) is 2.19. The minimum Gasteiger partial charge on any atom is -0.322 e. The molecule has 0 bridgehead atoms. The first kappa shape index (κ1) is 16.8. The number of hydrogen-bond acceptors (Lipinski definition) is 6. The molecule has 0 spiro atoms. The third kappa shape index (κ3) is 3.64. The summed E-state index contributed by atoms with van der Waals surface area (Å²) in [5, 5.41) is 11.5. The summed E-state index contributed by atoms with van der Waals surface area (Å²) >= 11 is 0.584. The molecule has 1 aromatic rings. The molecule has 0 aromatic carbocycles. The largest absolute Gasteiger partial charge is 0.420 e. The summed E-state index contributed by atoms with van der Waals surface area (Å²) in [5.74, 6) is 7.71. The molecule has 1 rings (SSSR count). The smallest absolute Gasteiger partial charge is 0.322 e. The van der Waals surface area contributed by atoms with Gasteiger partial charge in [0.05, 0.1) is 16.3 Å². The van der Waals surface area contributed by atoms with Crippen LogP contribution in [-0.2, 0) is 6.18 Å². The Balaban J connectivity index is 3.39. The van der Waals surface area contributed by atoms with Gasteiger partial charge in [0, 0.05) is 0 Å². The molecule has 1 heterocycles. The monoisotopic (exact) mass is 324 g/mol. The molecule has 0 saturated heterocycles. The highest BCUT2D eigenvalue weighted by Crippen LogP contribution is 2.35. The molecule has 12 heteroatoms. The standard InChI is InChI=1S/C9H8F4N6OS/c10-6-5(9(11,12)13)3(1-14)8(17-7(6)20)21-2-4(18-15)19-16/h2,15-16H2,(H,17,20)(H,18,19). The number of aromatic nitrogens is 1. The number of halogens is 4. The van der Waals surface area contributed by atoms with E-state index in [0.717, 1.165) is 0 Å². The maximum atomic E-state index is 13.4. The predicted octanol–water partition coefficient (Wildman–Crippen LogP) is 0.232. The van der Waals surface area contributed by atoms with Crippen LogP contribution in [0.15, 0.2) is 14.9 Å². The number of nitrogens with zero attached hydrogens (tertiary/aromatic N) is 2. The zero-order valence-electron chi connectivity index (χ0n) is 10.1. The summed E-state index contributed by atoms with van der Waals surface area (Å²) in [6.45, 7) is 0. The number of aromatic amines is 1. The quantitative estimate of drug-likeness (QED) is 0.157. The number of thioether (sulfide) groups is 1. The number of hydrogen-bond donors (Lipinski definition) is 4. The second-order valence-electron chi connectivity index (χ2n) is 3.47. The van der Waals surface area contributed by atoms with Gasteiger partial charge in [-0.25, -0.2) is 10.2 Å². The number of pyridine rings is 1. The highest BCUT2D eigenvalue weighted by Gasteiger charge is 2.40. The zero-order valence-corrected chi connectivity index (χ0v) is 10.9. The molecule has 1 aromatic heterocycles. The van der Waals surface area contributed by atoms with Gasteiger partial charge in [0.1, 0.15) is 17.5 Å². The van der Waals surface area contributed by atoms with E-state index in [1.54, 1.807) is 0 Å². The van der Waals surface area contributed by atoms with Crippen LogP contribution in [0.2, 0.25) is 0 Å². The van der Waals surface area contributed by atoms with Crippen molar-refractivity contribution in [3.63, 3.8) is 0 Å². The minimum absolute atomic E-state index is 0.0115. The van der Waals surface area contributed by atoms with E-state index in [4.69, 9.17) is 16.9 Å². The van der Waals surface area contributed by atoms with E-state index in [1.807, 2.05) is 4.98 Å². The van der Waals surface area contributed by atoms with Crippen LogP contribution in [0, 0.1) is 17.1 Å². The fourth-order valence-corrected chi connectivity index (χ4v) is 2.19. The van der Waals surface area contributed by atoms with E-state index < -0.39 is 33.7 Å². The third-order valence-corrected chi connectivity index (χ3v) is 3.21. The van der Waals surface area contributed by atoms with Gasteiger partial charge >= 0.3 is 6.18 Å². The van der Waals surface area contributed by atoms with Gasteiger partial charge in [-0.2, -0.15) is 23.5 Å². The van der Waals surface area contributed by atoms with E-state index in [0.29, 0.717) is 11.8 Å². The summed E-state index contributed by atoms with van der Waals surface area (Å²) in [4.78, 5) is 13.1. The summed E-state index contributed by atoms with van der Waals surface area (Å²) in [7, 11) is 0. The summed E-state index contributed by atoms with van der Waals surface area (Å²) < 4.78 is 51.6. The van der Waals surface area contributed by atoms with Gasteiger partial charge in [0.2, 0.25) is 5.82 Å². The van der Waals surface area contributed by atoms with Crippen molar-refractivity contribution in [3.8, 4) is 6.07 Å². The van der Waals surface area contributed by atoms with Gasteiger partial charge < -0.3 is 16.3 Å². The molecule has 0 atom stereocenters. The first-order valence-electron chi connectivity index (χ1n) is 5.05. The lowest BCUT2D eigenvalue weighted by Gasteiger charge is -2.12. The second-order valence-corrected chi connectivity index (χ2v) is 4.45. The molecule has 21 heavy (non-hydrogen) atoms. The van der Waals surface area contributed by atoms with Crippen LogP contribution in [0.4, 0.5) is 17.6 Å². The SMILES string of the molecule is N#Cc1c(SC/C(=N/N)NN)[nH]c(=O)c(F)c1C(F)(F)F. The lowest BCUT2D eigenvalue weighted by Crippen LogP contribution is -2.33. The number of hydrazine groups is 1. The molecule has 0 amide bonds. The Morgan fingerprint density at radius 2 is 2.14 bits per heavy atom. The Morgan fingerprint density at radius 3 is 2.57 bits per heavy atom. The number of alkyl halides is 3. The molecule has 0 fully saturated rings. The number of nitriles is 1. The maximum absolute atomic E-state index is 13.4. The molecule has 0 saturated carbocycles. The summed E-state index contributed by atoms with van der Waals surface area (Å²) in [6, 6.07) is 1.22. The molecule has 0 aliphatic rings. The number of nitrogens with two attached hydrogens (primary N) is 2. The van der Waals surface area contributed by atoms with Crippen LogP contribution in [0.5, 0.6) is 0 Å². The van der Waals surface area contributed by atoms with Gasteiger partial charge in [-0.1, -0.05) is 11.8 Å². The molecule has 0 aliphatic heterocycles. The highest BCUT2D eigenvalue weighted by atomic mass is 32.2. The minimum atomic E-state index is -5.18. The van der Waals surface area contributed by atoms with Crippen LogP contribution in [0.3, 0.4) is 0 Å². The topological polar surface area (TPSA) is 133 Å². The van der Waals surface area contributed by atoms with Gasteiger partial charge in [-0.3, -0.25) is 4.79 Å². The van der Waals surface area contributed by atoms with Crippen molar-refractivity contribution in [1.29, 1.82) is 5.26 Å². The maximum Gasteiger partial charge on any atom is 0.420 e. The van der Waals surface area contributed by atoms with E-state index in [-0.39, 0.29) is 11.6 Å². The van der Waals surface area contributed by atoms with Gasteiger partial charge in [0.15, 0.2) is 0 Å². The molecule has 6 N–H and O–H groups in total. The summed E-state index contributed by atoms with van der Waals surface area (Å²) in [6.07, 6.45) is -5.18. The zero-order chi connectivity index (χ0) is 16.2. The molecule has 0 unspecified atom stereocenters. The fraction of sp³-hybridized carbons (Fsp3) is 0.222. The highest BCUT2D eigenvalue weighted by molar-refractivity contribution is 8.00. The van der Waals surface area contributed by atoms with Crippen molar-refractivity contribution >= 4 is 17.6 Å². The van der Waals surface area contributed by atoms with E-state index in [1.165, 1.54) is 6.07 Å². The van der Waals surface area contributed by atoms with Crippen molar-refractivity contribution in [1.82, 2.24) is 10.4 Å². The molecule has 0 aliphatic carbocycles. The first-order valence-corrected chi connectivity index (χ1v) is 6.04.